The number of H-pyrrole nitrogens is 1. The molecule has 0 spiro atoms. The predicted octanol–water partition coefficient (Wildman–Crippen LogP) is 4.99. The van der Waals surface area contributed by atoms with E-state index < -0.39 is 11.6 Å². The van der Waals surface area contributed by atoms with Crippen molar-refractivity contribution in [1.82, 2.24) is 24.9 Å². The lowest BCUT2D eigenvalue weighted by Gasteiger charge is -2.14. The third kappa shape index (κ3) is 5.09. The molecule has 9 nitrogen and oxygen atoms in total. The molecule has 11 heteroatoms. The standard InChI is InChI=1S/C17H13F2N7.C8H8O2/c1-20-11-5-4-10(18)14(12(11)19)26-16-9(3-2-6-21-16)13-15-17(24-7-22-13)25-8-23-15;1-10-8-4-2-3-7(5-8)6-9/h2-8,20H,1H3,(H,21,26)(H,22,23,24,25);2-6H,1H3. The summed E-state index contributed by atoms with van der Waals surface area (Å²) in [6, 6.07) is 13.0. The van der Waals surface area contributed by atoms with Gasteiger partial charge in [0.25, 0.3) is 0 Å². The van der Waals surface area contributed by atoms with E-state index in [9.17, 15) is 13.6 Å². The van der Waals surface area contributed by atoms with Crippen LogP contribution in [-0.2, 0) is 0 Å². The van der Waals surface area contributed by atoms with Gasteiger partial charge in [-0.15, -0.1) is 0 Å². The first-order chi connectivity index (χ1) is 17.5. The van der Waals surface area contributed by atoms with Gasteiger partial charge in [-0.2, -0.15) is 0 Å². The molecule has 0 atom stereocenters. The summed E-state index contributed by atoms with van der Waals surface area (Å²) in [5, 5.41) is 5.42. The highest BCUT2D eigenvalue weighted by Gasteiger charge is 2.18. The molecule has 0 unspecified atom stereocenters. The second kappa shape index (κ2) is 11.0. The van der Waals surface area contributed by atoms with E-state index in [0.29, 0.717) is 33.7 Å². The van der Waals surface area contributed by atoms with Gasteiger partial charge in [0.2, 0.25) is 0 Å². The van der Waals surface area contributed by atoms with E-state index in [4.69, 9.17) is 4.74 Å². The molecule has 0 aliphatic carbocycles. The highest BCUT2D eigenvalue weighted by molar-refractivity contribution is 5.91. The number of aldehydes is 1. The summed E-state index contributed by atoms with van der Waals surface area (Å²) >= 11 is 0. The van der Waals surface area contributed by atoms with Crippen LogP contribution in [0.15, 0.2) is 67.4 Å². The molecule has 0 bridgehead atoms. The van der Waals surface area contributed by atoms with Crippen molar-refractivity contribution in [1.29, 1.82) is 0 Å². The van der Waals surface area contributed by atoms with Gasteiger partial charge in [0.15, 0.2) is 11.5 Å². The second-order valence-electron chi connectivity index (χ2n) is 7.28. The average Bonchev–Trinajstić information content (AvgIpc) is 3.41. The van der Waals surface area contributed by atoms with Crippen LogP contribution in [0.3, 0.4) is 0 Å². The van der Waals surface area contributed by atoms with Gasteiger partial charge in [-0.1, -0.05) is 12.1 Å². The topological polar surface area (TPSA) is 118 Å². The summed E-state index contributed by atoms with van der Waals surface area (Å²) in [4.78, 5) is 29.8. The number of ether oxygens (including phenoxy) is 1. The smallest absolute Gasteiger partial charge is 0.181 e. The molecule has 0 saturated heterocycles. The third-order valence-electron chi connectivity index (χ3n) is 5.12. The van der Waals surface area contributed by atoms with Gasteiger partial charge in [-0.25, -0.2) is 28.7 Å². The van der Waals surface area contributed by atoms with Gasteiger partial charge in [0.05, 0.1) is 19.1 Å². The van der Waals surface area contributed by atoms with Gasteiger partial charge >= 0.3 is 0 Å². The highest BCUT2D eigenvalue weighted by atomic mass is 19.1. The fraction of sp³-hybridized carbons (Fsp3) is 0.0800. The highest BCUT2D eigenvalue weighted by Crippen LogP contribution is 2.33. The minimum Gasteiger partial charge on any atom is -0.497 e. The molecule has 2 aromatic carbocycles. The van der Waals surface area contributed by atoms with Gasteiger partial charge in [0.1, 0.15) is 46.9 Å². The normalized spacial score (nSPS) is 10.3. The lowest BCUT2D eigenvalue weighted by atomic mass is 10.1. The number of nitrogens with zero attached hydrogens (tertiary/aromatic N) is 4. The number of imidazole rings is 1. The van der Waals surface area contributed by atoms with Crippen LogP contribution < -0.4 is 15.4 Å². The number of anilines is 3. The first kappa shape index (κ1) is 24.2. The van der Waals surface area contributed by atoms with Crippen molar-refractivity contribution in [2.45, 2.75) is 0 Å². The Bertz CT molecular complexity index is 1510. The zero-order valence-corrected chi connectivity index (χ0v) is 19.3. The summed E-state index contributed by atoms with van der Waals surface area (Å²) in [5.74, 6) is -0.497. The van der Waals surface area contributed by atoms with Crippen molar-refractivity contribution in [2.75, 3.05) is 24.8 Å². The molecule has 0 saturated carbocycles. The number of aromatic nitrogens is 5. The number of methoxy groups -OCH3 is 1. The van der Waals surface area contributed by atoms with E-state index >= 15 is 0 Å². The molecule has 5 rings (SSSR count). The number of hydrogen-bond donors (Lipinski definition) is 3. The van der Waals surface area contributed by atoms with Gasteiger partial charge in [-0.05, 0) is 36.4 Å². The van der Waals surface area contributed by atoms with Crippen LogP contribution in [0.25, 0.3) is 22.4 Å². The number of carbonyl (C=O) groups excluding carboxylic acids is 1. The van der Waals surface area contributed by atoms with Crippen LogP contribution in [0.5, 0.6) is 5.75 Å². The molecule has 182 valence electrons. The number of carbonyl (C=O) groups is 1. The van der Waals surface area contributed by atoms with Crippen LogP contribution in [0, 0.1) is 11.6 Å². The molecular weight excluding hydrogens is 468 g/mol. The van der Waals surface area contributed by atoms with E-state index in [2.05, 4.69) is 35.6 Å². The summed E-state index contributed by atoms with van der Waals surface area (Å²) in [6.45, 7) is 0. The Balaban J connectivity index is 0.000000256. The monoisotopic (exact) mass is 489 g/mol. The molecule has 0 aliphatic rings. The molecule has 3 heterocycles. The number of fused-ring (bicyclic) bond motifs is 1. The van der Waals surface area contributed by atoms with Crippen LogP contribution in [0.1, 0.15) is 10.4 Å². The Morgan fingerprint density at radius 1 is 1.03 bits per heavy atom. The molecule has 0 amide bonds. The third-order valence-corrected chi connectivity index (χ3v) is 5.12. The number of hydrogen-bond acceptors (Lipinski definition) is 8. The minimum atomic E-state index is -0.738. The van der Waals surface area contributed by atoms with E-state index in [0.717, 1.165) is 6.29 Å². The molecule has 36 heavy (non-hydrogen) atoms. The van der Waals surface area contributed by atoms with Gasteiger partial charge in [-0.3, -0.25) is 4.79 Å². The van der Waals surface area contributed by atoms with Crippen molar-refractivity contribution in [3.8, 4) is 17.0 Å². The van der Waals surface area contributed by atoms with Crippen molar-refractivity contribution >= 4 is 34.6 Å². The lowest BCUT2D eigenvalue weighted by molar-refractivity contribution is 0.112. The maximum Gasteiger partial charge on any atom is 0.181 e. The quantitative estimate of drug-likeness (QED) is 0.286. The summed E-state index contributed by atoms with van der Waals surface area (Å²) in [7, 11) is 3.13. The van der Waals surface area contributed by atoms with Crippen LogP contribution >= 0.6 is 0 Å². The minimum absolute atomic E-state index is 0.171. The average molecular weight is 489 g/mol. The fourth-order valence-corrected chi connectivity index (χ4v) is 3.36. The Hall–Kier alpha value is -4.93. The number of nitrogens with one attached hydrogen (secondary N) is 3. The maximum absolute atomic E-state index is 14.5. The SMILES string of the molecule is CNc1ccc(F)c(Nc2ncccc2-c2ncnc3nc[nH]c23)c1F.COc1cccc(C=O)c1. The molecule has 0 fully saturated rings. The van der Waals surface area contributed by atoms with Crippen LogP contribution in [0.2, 0.25) is 0 Å². The van der Waals surface area contributed by atoms with E-state index in [1.165, 1.54) is 31.0 Å². The number of pyridine rings is 1. The van der Waals surface area contributed by atoms with E-state index in [-0.39, 0.29) is 17.2 Å². The first-order valence-electron chi connectivity index (χ1n) is 10.7. The van der Waals surface area contributed by atoms with Crippen molar-refractivity contribution in [3.63, 3.8) is 0 Å². The zero-order valence-electron chi connectivity index (χ0n) is 19.3. The molecule has 3 N–H and O–H groups in total. The van der Waals surface area contributed by atoms with Gasteiger partial charge < -0.3 is 20.4 Å². The number of aromatic amines is 1. The summed E-state index contributed by atoms with van der Waals surface area (Å²) in [5.41, 5.74) is 2.68. The number of halogens is 2. The number of rotatable bonds is 6. The maximum atomic E-state index is 14.5. The largest absolute Gasteiger partial charge is 0.497 e. The Kier molecular flexibility index (Phi) is 7.39. The molecule has 5 aromatic rings. The molecule has 0 radical (unpaired) electrons. The molecule has 3 aromatic heterocycles. The fourth-order valence-electron chi connectivity index (χ4n) is 3.36. The van der Waals surface area contributed by atoms with Crippen molar-refractivity contribution in [3.05, 3.63) is 84.6 Å². The summed E-state index contributed by atoms with van der Waals surface area (Å²) in [6.07, 6.45) is 5.19. The zero-order chi connectivity index (χ0) is 25.5. The summed E-state index contributed by atoms with van der Waals surface area (Å²) < 4.78 is 33.6. The van der Waals surface area contributed by atoms with Crippen molar-refractivity contribution < 1.29 is 18.3 Å². The van der Waals surface area contributed by atoms with E-state index in [1.807, 2.05) is 0 Å². The molecule has 0 aliphatic heterocycles. The number of benzene rings is 2. The van der Waals surface area contributed by atoms with Gasteiger partial charge in [0, 0.05) is 24.4 Å². The first-order valence-corrected chi connectivity index (χ1v) is 10.7. The van der Waals surface area contributed by atoms with Crippen LogP contribution in [0.4, 0.5) is 26.0 Å². The van der Waals surface area contributed by atoms with Crippen LogP contribution in [-0.4, -0.2) is 45.4 Å². The van der Waals surface area contributed by atoms with Crippen molar-refractivity contribution in [2.24, 2.45) is 0 Å². The predicted molar refractivity (Wildman–Crippen MR) is 132 cm³/mol. The lowest BCUT2D eigenvalue weighted by Crippen LogP contribution is -2.04. The molecular formula is C25H21F2N7O2. The second-order valence-corrected chi connectivity index (χ2v) is 7.28. The Labute approximate surface area is 204 Å². The Morgan fingerprint density at radius 3 is 2.67 bits per heavy atom. The van der Waals surface area contributed by atoms with E-state index in [1.54, 1.807) is 50.6 Å². The Morgan fingerprint density at radius 2 is 1.89 bits per heavy atom.